The van der Waals surface area contributed by atoms with E-state index in [1.54, 1.807) is 7.11 Å². The molecule has 0 aliphatic heterocycles. The molecule has 1 atom stereocenters. The van der Waals surface area contributed by atoms with Crippen molar-refractivity contribution in [1.29, 1.82) is 0 Å². The summed E-state index contributed by atoms with van der Waals surface area (Å²) in [4.78, 5) is 0. The van der Waals surface area contributed by atoms with Crippen LogP contribution in [0, 0.1) is 12.7 Å². The number of rotatable bonds is 4. The number of benzene rings is 2. The second kappa shape index (κ2) is 6.35. The molecule has 0 aliphatic rings. The van der Waals surface area contributed by atoms with Crippen LogP contribution in [0.25, 0.3) is 0 Å². The van der Waals surface area contributed by atoms with Crippen molar-refractivity contribution >= 4 is 15.9 Å². The lowest BCUT2D eigenvalue weighted by Crippen LogP contribution is -2.29. The Morgan fingerprint density at radius 3 is 2.60 bits per heavy atom. The molecule has 1 unspecified atom stereocenters. The average Bonchev–Trinajstić information content (AvgIpc) is 2.40. The zero-order valence-electron chi connectivity index (χ0n) is 11.3. The van der Waals surface area contributed by atoms with Gasteiger partial charge >= 0.3 is 0 Å². The molecule has 5 heteroatoms. The Morgan fingerprint density at radius 1 is 1.25 bits per heavy atom. The van der Waals surface area contributed by atoms with E-state index in [0.29, 0.717) is 5.75 Å². The molecule has 0 radical (unpaired) electrons. The Hall–Kier alpha value is -1.43. The van der Waals surface area contributed by atoms with Gasteiger partial charge in [0.05, 0.1) is 13.2 Å². The number of aryl methyl sites for hydroxylation is 1. The van der Waals surface area contributed by atoms with E-state index < -0.39 is 0 Å². The van der Waals surface area contributed by atoms with Gasteiger partial charge in [0, 0.05) is 10.0 Å². The van der Waals surface area contributed by atoms with Gasteiger partial charge in [-0.2, -0.15) is 0 Å². The molecule has 0 saturated carbocycles. The number of nitrogens with two attached hydrogens (primary N) is 1. The van der Waals surface area contributed by atoms with Crippen molar-refractivity contribution in [2.45, 2.75) is 13.0 Å². The number of hydrogen-bond donors (Lipinski definition) is 2. The fraction of sp³-hybridized carbons (Fsp3) is 0.200. The van der Waals surface area contributed by atoms with Gasteiger partial charge < -0.3 is 4.74 Å². The lowest BCUT2D eigenvalue weighted by Gasteiger charge is -2.20. The highest BCUT2D eigenvalue weighted by Gasteiger charge is 2.18. The molecule has 2 aromatic rings. The lowest BCUT2D eigenvalue weighted by molar-refractivity contribution is 0.404. The van der Waals surface area contributed by atoms with Crippen molar-refractivity contribution < 1.29 is 9.13 Å². The van der Waals surface area contributed by atoms with E-state index in [9.17, 15) is 4.39 Å². The van der Waals surface area contributed by atoms with Gasteiger partial charge in [0.15, 0.2) is 0 Å². The van der Waals surface area contributed by atoms with Gasteiger partial charge in [-0.1, -0.05) is 28.1 Å². The van der Waals surface area contributed by atoms with E-state index in [2.05, 4.69) is 21.4 Å². The third-order valence-electron chi connectivity index (χ3n) is 3.07. The quantitative estimate of drug-likeness (QED) is 0.663. The standard InChI is InChI=1S/C15H16BrFN2O/c1-9-5-10(7-12(17)6-9)15(19-18)13-4-3-11(16)8-14(13)20-2/h3-8,15,19H,18H2,1-2H3. The molecular formula is C15H16BrFN2O. The molecule has 3 N–H and O–H groups in total. The van der Waals surface area contributed by atoms with Gasteiger partial charge in [0.25, 0.3) is 0 Å². The fourth-order valence-corrected chi connectivity index (χ4v) is 2.56. The van der Waals surface area contributed by atoms with Crippen LogP contribution in [0.4, 0.5) is 4.39 Å². The highest BCUT2D eigenvalue weighted by molar-refractivity contribution is 9.10. The Bertz CT molecular complexity index is 599. The monoisotopic (exact) mass is 338 g/mol. The van der Waals surface area contributed by atoms with Gasteiger partial charge in [-0.15, -0.1) is 0 Å². The van der Waals surface area contributed by atoms with Crippen LogP contribution >= 0.6 is 15.9 Å². The Balaban J connectivity index is 2.52. The van der Waals surface area contributed by atoms with Gasteiger partial charge in [0.2, 0.25) is 0 Å². The maximum atomic E-state index is 13.6. The minimum Gasteiger partial charge on any atom is -0.496 e. The Labute approximate surface area is 126 Å². The SMILES string of the molecule is COc1cc(Br)ccc1C(NN)c1cc(C)cc(F)c1. The summed E-state index contributed by atoms with van der Waals surface area (Å²) in [6, 6.07) is 10.2. The summed E-state index contributed by atoms with van der Waals surface area (Å²) >= 11 is 3.40. The first kappa shape index (κ1) is 15.0. The summed E-state index contributed by atoms with van der Waals surface area (Å²) in [7, 11) is 1.59. The van der Waals surface area contributed by atoms with E-state index in [-0.39, 0.29) is 11.9 Å². The van der Waals surface area contributed by atoms with Crippen molar-refractivity contribution in [3.05, 3.63) is 63.4 Å². The van der Waals surface area contributed by atoms with Gasteiger partial charge in [-0.3, -0.25) is 5.84 Å². The van der Waals surface area contributed by atoms with E-state index >= 15 is 0 Å². The number of nitrogens with one attached hydrogen (secondary N) is 1. The number of hydrogen-bond acceptors (Lipinski definition) is 3. The zero-order chi connectivity index (χ0) is 14.7. The van der Waals surface area contributed by atoms with Crippen LogP contribution in [-0.4, -0.2) is 7.11 Å². The number of hydrazine groups is 1. The minimum atomic E-state index is -0.340. The van der Waals surface area contributed by atoms with Crippen molar-refractivity contribution in [3.63, 3.8) is 0 Å². The van der Waals surface area contributed by atoms with Crippen LogP contribution in [0.1, 0.15) is 22.7 Å². The number of halogens is 2. The summed E-state index contributed by atoms with van der Waals surface area (Å²) in [5.74, 6) is 6.06. The average molecular weight is 339 g/mol. The second-order valence-corrected chi connectivity index (χ2v) is 5.46. The van der Waals surface area contributed by atoms with Crippen molar-refractivity contribution in [2.24, 2.45) is 5.84 Å². The van der Waals surface area contributed by atoms with Crippen molar-refractivity contribution in [3.8, 4) is 5.75 Å². The molecule has 0 heterocycles. The van der Waals surface area contributed by atoms with Crippen molar-refractivity contribution in [2.75, 3.05) is 7.11 Å². The first-order valence-electron chi connectivity index (χ1n) is 6.12. The maximum Gasteiger partial charge on any atom is 0.125 e. The van der Waals surface area contributed by atoms with Crippen LogP contribution in [-0.2, 0) is 0 Å². The summed E-state index contributed by atoms with van der Waals surface area (Å²) in [5.41, 5.74) is 5.17. The van der Waals surface area contributed by atoms with E-state index in [4.69, 9.17) is 10.6 Å². The molecule has 106 valence electrons. The van der Waals surface area contributed by atoms with E-state index in [0.717, 1.165) is 21.2 Å². The van der Waals surface area contributed by atoms with E-state index in [1.165, 1.54) is 12.1 Å². The van der Waals surface area contributed by atoms with Crippen LogP contribution in [0.15, 0.2) is 40.9 Å². The van der Waals surface area contributed by atoms with Gasteiger partial charge in [-0.25, -0.2) is 9.82 Å². The highest BCUT2D eigenvalue weighted by Crippen LogP contribution is 2.32. The van der Waals surface area contributed by atoms with Crippen LogP contribution in [0.3, 0.4) is 0 Å². The molecule has 3 nitrogen and oxygen atoms in total. The lowest BCUT2D eigenvalue weighted by atomic mass is 9.97. The van der Waals surface area contributed by atoms with Crippen LogP contribution in [0.5, 0.6) is 5.75 Å². The molecule has 0 fully saturated rings. The summed E-state index contributed by atoms with van der Waals surface area (Å²) in [5, 5.41) is 0. The van der Waals surface area contributed by atoms with Crippen LogP contribution < -0.4 is 16.0 Å². The van der Waals surface area contributed by atoms with Crippen molar-refractivity contribution in [1.82, 2.24) is 5.43 Å². The third kappa shape index (κ3) is 3.17. The predicted molar refractivity (Wildman–Crippen MR) is 81.0 cm³/mol. The van der Waals surface area contributed by atoms with Crippen LogP contribution in [0.2, 0.25) is 0 Å². The number of methoxy groups -OCH3 is 1. The summed E-state index contributed by atoms with van der Waals surface area (Å²) < 4.78 is 19.9. The van der Waals surface area contributed by atoms with E-state index in [1.807, 2.05) is 31.2 Å². The normalized spacial score (nSPS) is 12.2. The molecule has 0 saturated heterocycles. The van der Waals surface area contributed by atoms with Gasteiger partial charge in [0.1, 0.15) is 11.6 Å². The molecule has 0 spiro atoms. The molecular weight excluding hydrogens is 323 g/mol. The summed E-state index contributed by atoms with van der Waals surface area (Å²) in [6.07, 6.45) is 0. The molecule has 0 aliphatic carbocycles. The molecule has 0 bridgehead atoms. The highest BCUT2D eigenvalue weighted by atomic mass is 79.9. The zero-order valence-corrected chi connectivity index (χ0v) is 12.9. The minimum absolute atomic E-state index is 0.281. The topological polar surface area (TPSA) is 47.3 Å². The maximum absolute atomic E-state index is 13.6. The molecule has 0 amide bonds. The largest absolute Gasteiger partial charge is 0.496 e. The predicted octanol–water partition coefficient (Wildman–Crippen LogP) is 3.46. The second-order valence-electron chi connectivity index (χ2n) is 4.55. The Morgan fingerprint density at radius 2 is 2.00 bits per heavy atom. The molecule has 0 aromatic heterocycles. The third-order valence-corrected chi connectivity index (χ3v) is 3.56. The summed E-state index contributed by atoms with van der Waals surface area (Å²) in [6.45, 7) is 1.85. The molecule has 20 heavy (non-hydrogen) atoms. The molecule has 2 rings (SSSR count). The Kier molecular flexibility index (Phi) is 4.75. The fourth-order valence-electron chi connectivity index (χ4n) is 2.22. The van der Waals surface area contributed by atoms with Gasteiger partial charge in [-0.05, 0) is 42.3 Å². The molecule has 2 aromatic carbocycles. The first-order chi connectivity index (χ1) is 9.55. The number of ether oxygens (including phenoxy) is 1. The first-order valence-corrected chi connectivity index (χ1v) is 6.91. The smallest absolute Gasteiger partial charge is 0.125 e.